The van der Waals surface area contributed by atoms with Gasteiger partial charge in [-0.1, -0.05) is 115 Å². The number of hydrogen-bond acceptors (Lipinski definition) is 7. The molecule has 0 aliphatic rings. The van der Waals surface area contributed by atoms with Crippen molar-refractivity contribution in [1.29, 1.82) is 0 Å². The number of hydrogen-bond donors (Lipinski definition) is 5. The van der Waals surface area contributed by atoms with Gasteiger partial charge in [0.15, 0.2) is 0 Å². The molecule has 43 heavy (non-hydrogen) atoms. The molecule has 4 atom stereocenters. The number of nitrogens with one attached hydrogen (secondary N) is 1. The highest BCUT2D eigenvalue weighted by Crippen LogP contribution is 2.43. The van der Waals surface area contributed by atoms with Gasteiger partial charge in [-0.15, -0.1) is 0 Å². The smallest absolute Gasteiger partial charge is 0.393 e. The van der Waals surface area contributed by atoms with E-state index in [2.05, 4.69) is 31.3 Å². The number of phosphoric ester groups is 1. The number of phosphoric acid groups is 1. The summed E-state index contributed by atoms with van der Waals surface area (Å²) in [7, 11) is -4.39. The molecule has 0 saturated carbocycles. The predicted molar refractivity (Wildman–Crippen MR) is 177 cm³/mol. The second kappa shape index (κ2) is 29.6. The van der Waals surface area contributed by atoms with E-state index in [1.54, 1.807) is 6.08 Å². The molecule has 9 nitrogen and oxygen atoms in total. The van der Waals surface area contributed by atoms with Crippen LogP contribution in [-0.2, 0) is 18.4 Å². The Labute approximate surface area is 262 Å². The number of aliphatic hydroxyl groups is 2. The summed E-state index contributed by atoms with van der Waals surface area (Å²) in [6, 6.07) is -0.981. The van der Waals surface area contributed by atoms with Crippen molar-refractivity contribution >= 4 is 13.7 Å². The molecule has 10 heteroatoms. The molecule has 0 spiro atoms. The zero-order valence-corrected chi connectivity index (χ0v) is 28.2. The molecule has 1 amide bonds. The lowest BCUT2D eigenvalue weighted by Crippen LogP contribution is -2.46. The van der Waals surface area contributed by atoms with Crippen molar-refractivity contribution in [3.63, 3.8) is 0 Å². The van der Waals surface area contributed by atoms with Crippen LogP contribution in [0.3, 0.4) is 0 Å². The fourth-order valence-corrected chi connectivity index (χ4v) is 5.46. The second-order valence-corrected chi connectivity index (χ2v) is 13.0. The highest BCUT2D eigenvalue weighted by atomic mass is 31.2. The number of carbonyl (C=O) groups excluding carboxylic acids is 1. The van der Waals surface area contributed by atoms with Crippen LogP contribution in [-0.4, -0.2) is 59.0 Å². The first-order valence-electron chi connectivity index (χ1n) is 17.0. The van der Waals surface area contributed by atoms with E-state index in [1.807, 2.05) is 6.08 Å². The summed E-state index contributed by atoms with van der Waals surface area (Å²) in [6.07, 6.45) is 27.0. The molecule has 0 bridgehead atoms. The topological polar surface area (TPSA) is 151 Å². The van der Waals surface area contributed by atoms with E-state index in [1.165, 1.54) is 64.2 Å². The summed E-state index contributed by atoms with van der Waals surface area (Å²) in [5.74, 6) is -0.460. The van der Waals surface area contributed by atoms with Gasteiger partial charge in [-0.2, -0.15) is 0 Å². The van der Waals surface area contributed by atoms with Gasteiger partial charge in [0.2, 0.25) is 5.91 Å². The van der Waals surface area contributed by atoms with E-state index >= 15 is 0 Å². The third kappa shape index (κ3) is 28.2. The van der Waals surface area contributed by atoms with Crippen LogP contribution in [0.2, 0.25) is 0 Å². The third-order valence-corrected chi connectivity index (χ3v) is 8.31. The highest BCUT2D eigenvalue weighted by molar-refractivity contribution is 7.47. The molecule has 0 fully saturated rings. The van der Waals surface area contributed by atoms with Crippen molar-refractivity contribution in [3.05, 3.63) is 24.3 Å². The fourth-order valence-electron chi connectivity index (χ4n) is 4.70. The lowest BCUT2D eigenvalue weighted by atomic mass is 10.0. The first-order valence-corrected chi connectivity index (χ1v) is 18.5. The van der Waals surface area contributed by atoms with Crippen LogP contribution in [0.4, 0.5) is 0 Å². The number of allylic oxidation sites excluding steroid dienone is 3. The van der Waals surface area contributed by atoms with Gasteiger partial charge in [0.05, 0.1) is 37.9 Å². The average Bonchev–Trinajstić information content (AvgIpc) is 2.97. The van der Waals surface area contributed by atoms with E-state index < -0.39 is 38.6 Å². The monoisotopic (exact) mass is 632 g/mol. The Morgan fingerprint density at radius 3 is 1.91 bits per heavy atom. The minimum absolute atomic E-state index is 0.0476. The summed E-state index contributed by atoms with van der Waals surface area (Å²) in [4.78, 5) is 22.5. The molecule has 254 valence electrons. The van der Waals surface area contributed by atoms with Crippen LogP contribution in [0.15, 0.2) is 24.3 Å². The summed E-state index contributed by atoms with van der Waals surface area (Å²) in [6.45, 7) is 3.88. The second-order valence-electron chi connectivity index (χ2n) is 11.6. The number of amides is 1. The van der Waals surface area contributed by atoms with Crippen LogP contribution >= 0.6 is 7.82 Å². The molecule has 0 radical (unpaired) electrons. The van der Waals surface area contributed by atoms with Crippen molar-refractivity contribution < 1.29 is 33.5 Å². The average molecular weight is 633 g/mol. The number of aliphatic hydroxyl groups excluding tert-OH is 2. The van der Waals surface area contributed by atoms with E-state index in [9.17, 15) is 24.5 Å². The molecule has 6 N–H and O–H groups in total. The maximum Gasteiger partial charge on any atom is 0.472 e. The maximum atomic E-state index is 12.7. The molecule has 0 saturated heterocycles. The van der Waals surface area contributed by atoms with Crippen molar-refractivity contribution in [2.45, 2.75) is 161 Å². The van der Waals surface area contributed by atoms with Gasteiger partial charge in [0, 0.05) is 6.54 Å². The van der Waals surface area contributed by atoms with Crippen LogP contribution in [0.25, 0.3) is 0 Å². The molecule has 0 rings (SSSR count). The maximum absolute atomic E-state index is 12.7. The normalized spacial score (nSPS) is 15.6. The number of nitrogens with two attached hydrogens (primary N) is 1. The Bertz CT molecular complexity index is 751. The van der Waals surface area contributed by atoms with Crippen molar-refractivity contribution in [1.82, 2.24) is 5.32 Å². The molecule has 4 unspecified atom stereocenters. The van der Waals surface area contributed by atoms with Gasteiger partial charge in [0.25, 0.3) is 0 Å². The van der Waals surface area contributed by atoms with Gasteiger partial charge in [0.1, 0.15) is 0 Å². The molecular formula is C33H65N2O7P. The Morgan fingerprint density at radius 1 is 0.791 bits per heavy atom. The van der Waals surface area contributed by atoms with Crippen LogP contribution < -0.4 is 11.1 Å². The van der Waals surface area contributed by atoms with Gasteiger partial charge in [-0.05, 0) is 44.9 Å². The standard InChI is InChI=1S/C33H65N2O7P/c1-3-5-7-9-11-13-15-17-19-21-23-25-32(37)31(29-42-43(39,40)41-27-26-34)35-33(38)28-30(36)24-22-20-18-16-14-12-10-8-6-4-2/h12,14,23,25,30-32,36-37H,3-11,13,15-22,24,26-29,34H2,1-2H3,(H,35,38)(H,39,40)/b14-12-,25-23+. The zero-order chi connectivity index (χ0) is 32.0. The number of rotatable bonds is 31. The predicted octanol–water partition coefficient (Wildman–Crippen LogP) is 7.24. The number of unbranched alkanes of at least 4 members (excludes halogenated alkanes) is 15. The minimum Gasteiger partial charge on any atom is -0.393 e. The molecule has 0 aliphatic carbocycles. The van der Waals surface area contributed by atoms with Crippen molar-refractivity contribution in [2.75, 3.05) is 19.8 Å². The van der Waals surface area contributed by atoms with Gasteiger partial charge in [-0.3, -0.25) is 13.8 Å². The summed E-state index contributed by atoms with van der Waals surface area (Å²) >= 11 is 0. The SMILES string of the molecule is CCCCC/C=C\CCCCCC(O)CC(=O)NC(COP(=O)(O)OCCN)C(O)/C=C/CCCCCCCCCCC. The summed E-state index contributed by atoms with van der Waals surface area (Å²) < 4.78 is 21.9. The molecule has 0 heterocycles. The Morgan fingerprint density at radius 2 is 1.30 bits per heavy atom. The molecular weight excluding hydrogens is 567 g/mol. The van der Waals surface area contributed by atoms with Crippen molar-refractivity contribution in [3.8, 4) is 0 Å². The number of carbonyl (C=O) groups is 1. The first kappa shape index (κ1) is 41.9. The molecule has 0 aliphatic heterocycles. The fraction of sp³-hybridized carbons (Fsp3) is 0.848. The zero-order valence-electron chi connectivity index (χ0n) is 27.3. The van der Waals surface area contributed by atoms with Gasteiger partial charge in [-0.25, -0.2) is 4.57 Å². The van der Waals surface area contributed by atoms with E-state index in [4.69, 9.17) is 14.8 Å². The Balaban J connectivity index is 4.57. The quantitative estimate of drug-likeness (QED) is 0.0305. The lowest BCUT2D eigenvalue weighted by molar-refractivity contribution is -0.124. The Hall–Kier alpha value is -1.06. The van der Waals surface area contributed by atoms with Crippen LogP contribution in [0.1, 0.15) is 142 Å². The first-order chi connectivity index (χ1) is 20.8. The largest absolute Gasteiger partial charge is 0.472 e. The van der Waals surface area contributed by atoms with E-state index in [0.29, 0.717) is 6.42 Å². The summed E-state index contributed by atoms with van der Waals surface area (Å²) in [5, 5.41) is 23.8. The molecule has 0 aromatic heterocycles. The lowest BCUT2D eigenvalue weighted by Gasteiger charge is -2.24. The minimum atomic E-state index is -4.39. The Kier molecular flexibility index (Phi) is 28.9. The molecule has 0 aromatic rings. The van der Waals surface area contributed by atoms with Crippen LogP contribution in [0.5, 0.6) is 0 Å². The highest BCUT2D eigenvalue weighted by Gasteiger charge is 2.27. The van der Waals surface area contributed by atoms with E-state index in [0.717, 1.165) is 51.4 Å². The molecule has 0 aromatic carbocycles. The van der Waals surface area contributed by atoms with Crippen molar-refractivity contribution in [2.24, 2.45) is 5.73 Å². The van der Waals surface area contributed by atoms with Gasteiger partial charge >= 0.3 is 7.82 Å². The third-order valence-electron chi connectivity index (χ3n) is 7.33. The summed E-state index contributed by atoms with van der Waals surface area (Å²) in [5.41, 5.74) is 5.32. The van der Waals surface area contributed by atoms with E-state index in [-0.39, 0.29) is 19.6 Å². The van der Waals surface area contributed by atoms with Crippen LogP contribution in [0, 0.1) is 0 Å². The van der Waals surface area contributed by atoms with Gasteiger partial charge < -0.3 is 26.2 Å².